The molecule has 11 heavy (non-hydrogen) atoms. The molecule has 1 rings (SSSR count). The van der Waals surface area contributed by atoms with Crippen molar-refractivity contribution in [2.75, 3.05) is 6.61 Å². The zero-order valence-corrected chi connectivity index (χ0v) is 7.34. The van der Waals surface area contributed by atoms with E-state index in [-0.39, 0.29) is 0 Å². The van der Waals surface area contributed by atoms with Crippen molar-refractivity contribution in [2.45, 2.75) is 39.0 Å². The Morgan fingerprint density at radius 1 is 1.55 bits per heavy atom. The van der Waals surface area contributed by atoms with Crippen molar-refractivity contribution in [1.82, 2.24) is 0 Å². The Kier molecular flexibility index (Phi) is 3.64. The van der Waals surface area contributed by atoms with Gasteiger partial charge in [0.25, 0.3) is 0 Å². The summed E-state index contributed by atoms with van der Waals surface area (Å²) in [6, 6.07) is 0. The van der Waals surface area contributed by atoms with Crippen LogP contribution in [0.25, 0.3) is 0 Å². The second-order valence-electron chi connectivity index (χ2n) is 3.57. The first-order chi connectivity index (χ1) is 5.33. The number of aliphatic hydroxyl groups excluding tert-OH is 1. The summed E-state index contributed by atoms with van der Waals surface area (Å²) in [4.78, 5) is 0. The molecule has 0 aromatic carbocycles. The van der Waals surface area contributed by atoms with E-state index in [2.05, 4.69) is 13.0 Å². The summed E-state index contributed by atoms with van der Waals surface area (Å²) in [6.07, 6.45) is 8.36. The van der Waals surface area contributed by atoms with E-state index in [0.717, 1.165) is 6.42 Å². The zero-order valence-electron chi connectivity index (χ0n) is 7.34. The van der Waals surface area contributed by atoms with Crippen molar-refractivity contribution in [2.24, 2.45) is 5.92 Å². The van der Waals surface area contributed by atoms with Crippen LogP contribution in [0.4, 0.5) is 0 Å². The number of rotatable bonds is 1. The molecule has 0 bridgehead atoms. The maximum Gasteiger partial charge on any atom is 0.0459 e. The predicted molar refractivity (Wildman–Crippen MR) is 47.4 cm³/mol. The summed E-state index contributed by atoms with van der Waals surface area (Å²) in [5, 5.41) is 8.95. The second-order valence-corrected chi connectivity index (χ2v) is 3.57. The smallest absolute Gasteiger partial charge is 0.0459 e. The van der Waals surface area contributed by atoms with E-state index < -0.39 is 0 Å². The molecular weight excluding hydrogens is 136 g/mol. The highest BCUT2D eigenvalue weighted by Crippen LogP contribution is 2.21. The van der Waals surface area contributed by atoms with Gasteiger partial charge < -0.3 is 5.11 Å². The molecule has 64 valence electrons. The molecule has 0 fully saturated rings. The molecule has 1 aliphatic rings. The van der Waals surface area contributed by atoms with Crippen LogP contribution in [0, 0.1) is 5.92 Å². The summed E-state index contributed by atoms with van der Waals surface area (Å²) < 4.78 is 0. The van der Waals surface area contributed by atoms with Crippen LogP contribution in [0.5, 0.6) is 0 Å². The summed E-state index contributed by atoms with van der Waals surface area (Å²) in [5.74, 6) is 0.569. The standard InChI is InChI=1S/C10H18O/c1-9-4-2-6-10(8-11)7-3-5-9/h4,10-11H,2-3,5-8H2,1H3/b9-4-. The summed E-state index contributed by atoms with van der Waals surface area (Å²) >= 11 is 0. The Morgan fingerprint density at radius 3 is 3.09 bits per heavy atom. The Balaban J connectivity index is 2.37. The summed E-state index contributed by atoms with van der Waals surface area (Å²) in [7, 11) is 0. The molecule has 1 N–H and O–H groups in total. The highest BCUT2D eigenvalue weighted by atomic mass is 16.3. The minimum absolute atomic E-state index is 0.382. The van der Waals surface area contributed by atoms with E-state index in [0.29, 0.717) is 12.5 Å². The van der Waals surface area contributed by atoms with Gasteiger partial charge in [0.1, 0.15) is 0 Å². The van der Waals surface area contributed by atoms with Gasteiger partial charge in [0.2, 0.25) is 0 Å². The molecule has 1 nitrogen and oxygen atoms in total. The number of allylic oxidation sites excluding steroid dienone is 2. The maximum atomic E-state index is 8.95. The molecule has 0 saturated carbocycles. The molecule has 0 saturated heterocycles. The number of hydrogen-bond acceptors (Lipinski definition) is 1. The first-order valence-corrected chi connectivity index (χ1v) is 4.59. The number of hydrogen-bond donors (Lipinski definition) is 1. The highest BCUT2D eigenvalue weighted by Gasteiger charge is 2.08. The largest absolute Gasteiger partial charge is 0.396 e. The van der Waals surface area contributed by atoms with Gasteiger partial charge in [-0.1, -0.05) is 11.6 Å². The molecule has 1 unspecified atom stereocenters. The fourth-order valence-corrected chi connectivity index (χ4v) is 1.66. The van der Waals surface area contributed by atoms with Crippen LogP contribution in [0.1, 0.15) is 39.0 Å². The molecule has 0 amide bonds. The van der Waals surface area contributed by atoms with Gasteiger partial charge in [0, 0.05) is 6.61 Å². The van der Waals surface area contributed by atoms with E-state index in [1.54, 1.807) is 0 Å². The minimum Gasteiger partial charge on any atom is -0.396 e. The van der Waals surface area contributed by atoms with Gasteiger partial charge in [-0.3, -0.25) is 0 Å². The predicted octanol–water partition coefficient (Wildman–Crippen LogP) is 2.51. The lowest BCUT2D eigenvalue weighted by Gasteiger charge is -2.15. The maximum absolute atomic E-state index is 8.95. The van der Waals surface area contributed by atoms with Crippen molar-refractivity contribution < 1.29 is 5.11 Å². The average molecular weight is 154 g/mol. The van der Waals surface area contributed by atoms with Crippen molar-refractivity contribution in [3.63, 3.8) is 0 Å². The monoisotopic (exact) mass is 154 g/mol. The first-order valence-electron chi connectivity index (χ1n) is 4.59. The SMILES string of the molecule is C/C1=C/CCC(CO)CCC1. The first kappa shape index (κ1) is 8.79. The lowest BCUT2D eigenvalue weighted by Crippen LogP contribution is -2.07. The van der Waals surface area contributed by atoms with E-state index in [1.807, 2.05) is 0 Å². The van der Waals surface area contributed by atoms with Gasteiger partial charge in [0.05, 0.1) is 0 Å². The molecular formula is C10H18O. The lowest BCUT2D eigenvalue weighted by molar-refractivity contribution is 0.208. The molecule has 0 radical (unpaired) electrons. The van der Waals surface area contributed by atoms with Crippen LogP contribution in [0.3, 0.4) is 0 Å². The van der Waals surface area contributed by atoms with Crippen LogP contribution >= 0.6 is 0 Å². The average Bonchev–Trinajstić information content (AvgIpc) is 1.96. The van der Waals surface area contributed by atoms with E-state index >= 15 is 0 Å². The van der Waals surface area contributed by atoms with Crippen molar-refractivity contribution in [3.05, 3.63) is 11.6 Å². The molecule has 0 aromatic rings. The van der Waals surface area contributed by atoms with Crippen LogP contribution in [0.15, 0.2) is 11.6 Å². The fraction of sp³-hybridized carbons (Fsp3) is 0.800. The molecule has 0 heterocycles. The summed E-state index contributed by atoms with van der Waals surface area (Å²) in [5.41, 5.74) is 1.53. The van der Waals surface area contributed by atoms with Gasteiger partial charge in [-0.2, -0.15) is 0 Å². The Morgan fingerprint density at radius 2 is 2.36 bits per heavy atom. The third-order valence-corrected chi connectivity index (χ3v) is 2.51. The van der Waals surface area contributed by atoms with Gasteiger partial charge in [0.15, 0.2) is 0 Å². The van der Waals surface area contributed by atoms with Crippen molar-refractivity contribution >= 4 is 0 Å². The van der Waals surface area contributed by atoms with Crippen LogP contribution in [-0.2, 0) is 0 Å². The van der Waals surface area contributed by atoms with Gasteiger partial charge in [-0.05, 0) is 44.9 Å². The van der Waals surface area contributed by atoms with Gasteiger partial charge >= 0.3 is 0 Å². The fourth-order valence-electron chi connectivity index (χ4n) is 1.66. The normalized spacial score (nSPS) is 31.8. The Labute approximate surface area is 69.1 Å². The molecule has 1 heteroatoms. The van der Waals surface area contributed by atoms with Crippen molar-refractivity contribution in [1.29, 1.82) is 0 Å². The molecule has 0 aromatic heterocycles. The third-order valence-electron chi connectivity index (χ3n) is 2.51. The Bertz CT molecular complexity index is 138. The molecule has 0 aliphatic heterocycles. The second kappa shape index (κ2) is 4.55. The number of aliphatic hydroxyl groups is 1. The molecule has 1 aliphatic carbocycles. The van der Waals surface area contributed by atoms with E-state index in [1.165, 1.54) is 31.3 Å². The van der Waals surface area contributed by atoms with Crippen LogP contribution in [0.2, 0.25) is 0 Å². The lowest BCUT2D eigenvalue weighted by atomic mass is 9.92. The van der Waals surface area contributed by atoms with Crippen molar-refractivity contribution in [3.8, 4) is 0 Å². The zero-order chi connectivity index (χ0) is 8.10. The molecule has 1 atom stereocenters. The van der Waals surface area contributed by atoms with Gasteiger partial charge in [-0.25, -0.2) is 0 Å². The Hall–Kier alpha value is -0.300. The van der Waals surface area contributed by atoms with Gasteiger partial charge in [-0.15, -0.1) is 0 Å². The van der Waals surface area contributed by atoms with Crippen LogP contribution < -0.4 is 0 Å². The topological polar surface area (TPSA) is 20.2 Å². The minimum atomic E-state index is 0.382. The van der Waals surface area contributed by atoms with E-state index in [4.69, 9.17) is 5.11 Å². The summed E-state index contributed by atoms with van der Waals surface area (Å²) in [6.45, 7) is 2.59. The third kappa shape index (κ3) is 3.06. The van der Waals surface area contributed by atoms with Crippen LogP contribution in [-0.4, -0.2) is 11.7 Å². The highest BCUT2D eigenvalue weighted by molar-refractivity contribution is 4.98. The van der Waals surface area contributed by atoms with E-state index in [9.17, 15) is 0 Å². The molecule has 0 spiro atoms. The quantitative estimate of drug-likeness (QED) is 0.575.